The predicted octanol–water partition coefficient (Wildman–Crippen LogP) is -7.72. The summed E-state index contributed by atoms with van der Waals surface area (Å²) in [7, 11) is 0. The van der Waals surface area contributed by atoms with Gasteiger partial charge in [0.1, 0.15) is 0 Å². The van der Waals surface area contributed by atoms with Gasteiger partial charge in [-0.3, -0.25) is 34.1 Å². The highest BCUT2D eigenvalue weighted by molar-refractivity contribution is 5.77. The number of nitrogens with zero attached hydrogens (tertiary/aromatic N) is 4. The Bertz CT molecular complexity index is 1430. The molecule has 0 radical (unpaired) electrons. The van der Waals surface area contributed by atoms with Crippen molar-refractivity contribution in [3.05, 3.63) is 29.6 Å². The predicted molar refractivity (Wildman–Crippen MR) is 203 cm³/mol. The van der Waals surface area contributed by atoms with E-state index in [-0.39, 0.29) is 117 Å². The van der Waals surface area contributed by atoms with Gasteiger partial charge in [0.25, 0.3) is 0 Å². The molecule has 1 aliphatic rings. The monoisotopic (exact) mass is 854 g/mol. The summed E-state index contributed by atoms with van der Waals surface area (Å²) >= 11 is 0. The number of aromatic nitrogens is 1. The van der Waals surface area contributed by atoms with Gasteiger partial charge in [-0.2, -0.15) is 0 Å². The number of hydrogen-bond donors (Lipinski definition) is 9. The van der Waals surface area contributed by atoms with E-state index in [1.807, 2.05) is 0 Å². The normalized spacial score (nSPS) is 17.4. The van der Waals surface area contributed by atoms with Gasteiger partial charge < -0.3 is 76.3 Å². The quantitative estimate of drug-likeness (QED) is 0.0397. The molecule has 9 N–H and O–H groups in total. The van der Waals surface area contributed by atoms with Crippen LogP contribution in [0, 0.1) is 0 Å². The molecule has 2 heterocycles. The van der Waals surface area contributed by atoms with E-state index in [0.717, 1.165) is 0 Å². The number of fused-ring (bicyclic) bond motifs is 2. The van der Waals surface area contributed by atoms with Crippen LogP contribution in [-0.2, 0) is 41.9 Å². The molecule has 0 saturated heterocycles. The van der Waals surface area contributed by atoms with Crippen LogP contribution < -0.4 is 31.3 Å². The Morgan fingerprint density at radius 1 is 0.550 bits per heavy atom. The average Bonchev–Trinajstić information content (AvgIpc) is 3.21. The highest BCUT2D eigenvalue weighted by atomic mass is 16.4. The molecule has 340 valence electrons. The number of pyridine rings is 1. The van der Waals surface area contributed by atoms with Crippen molar-refractivity contribution in [2.45, 2.75) is 107 Å². The molecule has 2 bridgehead atoms. The second-order valence-corrected chi connectivity index (χ2v) is 14.7. The van der Waals surface area contributed by atoms with E-state index in [0.29, 0.717) is 11.4 Å². The standard InChI is InChI=1S/C38H63N7O15/c46-22-27(49)17-39-33(52)10-2-7-30(36(55)56)43-13-15-44(31(37(57)58)8-3-11-34(53)40-18-28(50)23-47)20-25-5-1-6-26(42-25)21-45(16-14-43)32(38(59)60)9-4-12-35(54)41-19-29(51)24-48/h1,5-6,27-32,46-51H,2-4,7-24H2,(H,39,52)(H,40,53)(H,41,54)(H,55,56)(H,57,58)(H,59,60)/p-3. The Hall–Kier alpha value is -4.39. The summed E-state index contributed by atoms with van der Waals surface area (Å²) in [5.41, 5.74) is 0.782. The number of aliphatic hydroxyl groups excluding tert-OH is 6. The van der Waals surface area contributed by atoms with Crippen LogP contribution in [0.1, 0.15) is 69.2 Å². The van der Waals surface area contributed by atoms with Crippen LogP contribution in [0.25, 0.3) is 0 Å². The van der Waals surface area contributed by atoms with E-state index >= 15 is 0 Å². The molecular weight excluding hydrogens is 794 g/mol. The lowest BCUT2D eigenvalue weighted by Gasteiger charge is -2.40. The number of carboxylic acid groups (broad SMARTS) is 3. The van der Waals surface area contributed by atoms with Crippen molar-refractivity contribution < 1.29 is 74.7 Å². The lowest BCUT2D eigenvalue weighted by Crippen LogP contribution is -2.56. The minimum absolute atomic E-state index is 0.0379. The zero-order valence-electron chi connectivity index (χ0n) is 33.7. The molecule has 22 nitrogen and oxygen atoms in total. The number of amides is 3. The molecule has 6 atom stereocenters. The molecule has 1 aliphatic heterocycles. The summed E-state index contributed by atoms with van der Waals surface area (Å²) in [6.45, 7) is -2.81. The van der Waals surface area contributed by atoms with Crippen molar-refractivity contribution in [1.29, 1.82) is 0 Å². The molecule has 60 heavy (non-hydrogen) atoms. The van der Waals surface area contributed by atoms with Crippen LogP contribution in [0.3, 0.4) is 0 Å². The zero-order valence-corrected chi connectivity index (χ0v) is 33.7. The molecule has 0 saturated carbocycles. The van der Waals surface area contributed by atoms with Crippen molar-refractivity contribution in [1.82, 2.24) is 35.6 Å². The number of rotatable bonds is 27. The molecule has 0 aromatic carbocycles. The van der Waals surface area contributed by atoms with Crippen molar-refractivity contribution >= 4 is 35.6 Å². The van der Waals surface area contributed by atoms with Crippen molar-refractivity contribution in [2.75, 3.05) is 65.6 Å². The van der Waals surface area contributed by atoms with Crippen LogP contribution in [0.2, 0.25) is 0 Å². The number of hydrogen-bond acceptors (Lipinski definition) is 19. The van der Waals surface area contributed by atoms with E-state index in [1.54, 1.807) is 18.2 Å². The molecule has 1 aromatic rings. The van der Waals surface area contributed by atoms with Crippen molar-refractivity contribution in [3.8, 4) is 0 Å². The van der Waals surface area contributed by atoms with Gasteiger partial charge in [-0.1, -0.05) is 6.07 Å². The molecular formula is C38H60N7O15-3. The third-order valence-electron chi connectivity index (χ3n) is 9.96. The lowest BCUT2D eigenvalue weighted by atomic mass is 10.0. The first kappa shape index (κ1) is 51.8. The van der Waals surface area contributed by atoms with Gasteiger partial charge in [-0.25, -0.2) is 0 Å². The van der Waals surface area contributed by atoms with Gasteiger partial charge in [-0.15, -0.1) is 0 Å². The first-order valence-corrected chi connectivity index (χ1v) is 20.0. The van der Waals surface area contributed by atoms with Crippen LogP contribution in [0.15, 0.2) is 18.2 Å². The highest BCUT2D eigenvalue weighted by Gasteiger charge is 2.28. The number of aliphatic hydroxyl groups is 6. The van der Waals surface area contributed by atoms with Gasteiger partial charge in [0.2, 0.25) is 17.7 Å². The molecule has 0 aliphatic carbocycles. The van der Waals surface area contributed by atoms with Gasteiger partial charge in [-0.05, 0) is 50.7 Å². The maximum Gasteiger partial charge on any atom is 0.220 e. The summed E-state index contributed by atoms with van der Waals surface area (Å²) in [6.07, 6.45) is -3.93. The molecule has 2 rings (SSSR count). The first-order valence-electron chi connectivity index (χ1n) is 20.0. The fourth-order valence-electron chi connectivity index (χ4n) is 6.62. The second-order valence-electron chi connectivity index (χ2n) is 14.7. The van der Waals surface area contributed by atoms with Crippen molar-refractivity contribution in [2.24, 2.45) is 0 Å². The van der Waals surface area contributed by atoms with Gasteiger partial charge >= 0.3 is 0 Å². The third-order valence-corrected chi connectivity index (χ3v) is 9.96. The molecule has 3 amide bonds. The van der Waals surface area contributed by atoms with E-state index < -0.39 is 91.9 Å². The Kier molecular flexibility index (Phi) is 24.3. The third kappa shape index (κ3) is 19.8. The lowest BCUT2D eigenvalue weighted by molar-refractivity contribution is -0.314. The molecule has 6 unspecified atom stereocenters. The van der Waals surface area contributed by atoms with Crippen LogP contribution in [0.4, 0.5) is 0 Å². The largest absolute Gasteiger partial charge is 0.548 e. The van der Waals surface area contributed by atoms with Crippen molar-refractivity contribution in [3.63, 3.8) is 0 Å². The Morgan fingerprint density at radius 3 is 1.15 bits per heavy atom. The van der Waals surface area contributed by atoms with Crippen LogP contribution in [-0.4, -0.2) is 188 Å². The van der Waals surface area contributed by atoms with Gasteiger partial charge in [0.15, 0.2) is 0 Å². The molecule has 0 spiro atoms. The average molecular weight is 855 g/mol. The van der Waals surface area contributed by atoms with E-state index in [4.69, 9.17) is 15.3 Å². The van der Waals surface area contributed by atoms with E-state index in [2.05, 4.69) is 20.9 Å². The summed E-state index contributed by atoms with van der Waals surface area (Å²) in [4.78, 5) is 84.3. The fraction of sp³-hybridized carbons (Fsp3) is 0.711. The van der Waals surface area contributed by atoms with E-state index in [9.17, 15) is 59.4 Å². The Morgan fingerprint density at radius 2 is 0.850 bits per heavy atom. The number of nitrogens with one attached hydrogen (secondary N) is 3. The summed E-state index contributed by atoms with van der Waals surface area (Å²) in [5, 5.41) is 101. The zero-order chi connectivity index (χ0) is 44.6. The van der Waals surface area contributed by atoms with Gasteiger partial charge in [0, 0.05) is 96.3 Å². The smallest absolute Gasteiger partial charge is 0.220 e. The first-order chi connectivity index (χ1) is 28.6. The number of carboxylic acids is 3. The number of carbonyl (C=O) groups excluding carboxylic acids is 6. The summed E-state index contributed by atoms with van der Waals surface area (Å²) in [5.74, 6) is -5.91. The highest BCUT2D eigenvalue weighted by Crippen LogP contribution is 2.19. The fourth-order valence-corrected chi connectivity index (χ4v) is 6.62. The maximum absolute atomic E-state index is 12.7. The molecule has 0 fully saturated rings. The number of aliphatic carboxylic acids is 3. The summed E-state index contributed by atoms with van der Waals surface area (Å²) in [6, 6.07) is 1.03. The Labute approximate surface area is 348 Å². The topological polar surface area (TPSA) is 352 Å². The SMILES string of the molecule is O=C(CCCC(C(=O)[O-])N1CCN(C(CCCC(=O)NCC(O)CO)C(=O)[O-])Cc2cccc(n2)CN(C(CCCC(=O)NCC(O)CO)C(=O)[O-])CC1)NCC(O)CO. The maximum atomic E-state index is 12.7. The molecule has 22 heteroatoms. The van der Waals surface area contributed by atoms with Gasteiger partial charge in [0.05, 0.1) is 67.4 Å². The second kappa shape index (κ2) is 28.2. The minimum Gasteiger partial charge on any atom is -0.548 e. The molecule has 1 aromatic heterocycles. The minimum atomic E-state index is -1.51. The van der Waals surface area contributed by atoms with Crippen LogP contribution in [0.5, 0.6) is 0 Å². The van der Waals surface area contributed by atoms with Crippen LogP contribution >= 0.6 is 0 Å². The number of carbonyl (C=O) groups is 6. The van der Waals surface area contributed by atoms with E-state index in [1.165, 1.54) is 14.7 Å². The Balaban J connectivity index is 2.43. The summed E-state index contributed by atoms with van der Waals surface area (Å²) < 4.78 is 0.